The van der Waals surface area contributed by atoms with Gasteiger partial charge in [-0.1, -0.05) is 103 Å². The summed E-state index contributed by atoms with van der Waals surface area (Å²) in [5.74, 6) is 2.81. The molecule has 2 atom stereocenters. The molecule has 1 aromatic heterocycles. The molecule has 2 unspecified atom stereocenters. The Morgan fingerprint density at radius 1 is 0.426 bits per heavy atom. The molecule has 4 aliphatic carbocycles. The Labute approximate surface area is 317 Å². The van der Waals surface area contributed by atoms with E-state index in [1.165, 1.54) is 54.6 Å². The van der Waals surface area contributed by atoms with Gasteiger partial charge in [-0.2, -0.15) is 0 Å². The lowest BCUT2D eigenvalue weighted by Gasteiger charge is -2.34. The van der Waals surface area contributed by atoms with Crippen LogP contribution in [0.25, 0.3) is 33.1 Å². The van der Waals surface area contributed by atoms with E-state index in [-0.39, 0.29) is 0 Å². The van der Waals surface area contributed by atoms with Crippen molar-refractivity contribution in [2.45, 2.75) is 37.5 Å². The maximum Gasteiger partial charge on any atom is 0.159 e. The summed E-state index contributed by atoms with van der Waals surface area (Å²) >= 11 is 0. The van der Waals surface area contributed by atoms with Gasteiger partial charge in [0, 0.05) is 39.2 Å². The van der Waals surface area contributed by atoms with Crippen LogP contribution in [0.4, 0.5) is 34.1 Å². The monoisotopic (exact) mass is 698 g/mol. The van der Waals surface area contributed by atoms with Crippen LogP contribution >= 0.6 is 0 Å². The number of nitrogens with zero attached hydrogens (tertiary/aromatic N) is 2. The number of hydrogen-bond acceptors (Lipinski definition) is 3. The Balaban J connectivity index is 0.913. The van der Waals surface area contributed by atoms with Crippen molar-refractivity contribution in [3.8, 4) is 11.1 Å². The topological polar surface area (TPSA) is 19.6 Å². The molecule has 0 amide bonds. The zero-order valence-corrected chi connectivity index (χ0v) is 30.3. The Morgan fingerprint density at radius 2 is 0.926 bits per heavy atom. The summed E-state index contributed by atoms with van der Waals surface area (Å²) in [5.41, 5.74) is 12.9. The van der Waals surface area contributed by atoms with Gasteiger partial charge in [0.1, 0.15) is 5.58 Å². The average Bonchev–Trinajstić information content (AvgIpc) is 3.83. The highest BCUT2D eigenvalue weighted by molar-refractivity contribution is 6.10. The van der Waals surface area contributed by atoms with Gasteiger partial charge in [-0.25, -0.2) is 0 Å². The number of furan rings is 1. The standard InChI is InChI=1S/C51H42N2O/c1-3-10-41(11-4-1)52(44-28-22-39(23-29-44)51-33-35-30-36(34-51)32-40(51)31-35)43-24-18-37(19-25-43)38-20-26-45(27-21-38)53(42-12-5-2-6-13-42)48-16-9-15-47-46-14-7-8-17-49(46)54-50(47)48/h1-29,35-36,40H,30-34H2. The molecule has 0 radical (unpaired) electrons. The zero-order chi connectivity index (χ0) is 35.6. The summed E-state index contributed by atoms with van der Waals surface area (Å²) in [6.45, 7) is 0. The maximum absolute atomic E-state index is 6.50. The third-order valence-electron chi connectivity index (χ3n) is 12.9. The second-order valence-corrected chi connectivity index (χ2v) is 15.9. The number of benzene rings is 7. The van der Waals surface area contributed by atoms with Gasteiger partial charge < -0.3 is 14.2 Å². The normalized spacial score (nSPS) is 21.2. The summed E-state index contributed by atoms with van der Waals surface area (Å²) < 4.78 is 6.50. The molecule has 4 bridgehead atoms. The van der Waals surface area contributed by atoms with Gasteiger partial charge in [-0.15, -0.1) is 0 Å². The van der Waals surface area contributed by atoms with Crippen LogP contribution < -0.4 is 9.80 Å². The largest absolute Gasteiger partial charge is 0.454 e. The van der Waals surface area contributed by atoms with Crippen molar-refractivity contribution in [3.05, 3.63) is 181 Å². The molecule has 8 aromatic rings. The molecule has 4 fully saturated rings. The molecule has 4 aliphatic rings. The van der Waals surface area contributed by atoms with Gasteiger partial charge >= 0.3 is 0 Å². The fourth-order valence-corrected chi connectivity index (χ4v) is 10.8. The fraction of sp³-hybridized carbons (Fsp3) is 0.176. The van der Waals surface area contributed by atoms with E-state index in [4.69, 9.17) is 4.42 Å². The van der Waals surface area contributed by atoms with Crippen LogP contribution in [0.5, 0.6) is 0 Å². The van der Waals surface area contributed by atoms with E-state index in [1.807, 2.05) is 12.1 Å². The molecule has 3 heteroatoms. The molecule has 262 valence electrons. The van der Waals surface area contributed by atoms with E-state index in [2.05, 4.69) is 174 Å². The van der Waals surface area contributed by atoms with Crippen LogP contribution in [0, 0.1) is 17.8 Å². The number of rotatable bonds is 8. The molecule has 3 nitrogen and oxygen atoms in total. The minimum absolute atomic E-state index is 0.430. The van der Waals surface area contributed by atoms with Gasteiger partial charge in [0.2, 0.25) is 0 Å². The van der Waals surface area contributed by atoms with Crippen LogP contribution in [0.15, 0.2) is 180 Å². The molecule has 0 saturated heterocycles. The Hall–Kier alpha value is -6.06. The van der Waals surface area contributed by atoms with Crippen LogP contribution in [-0.2, 0) is 5.41 Å². The third-order valence-corrected chi connectivity index (χ3v) is 12.9. The molecule has 12 rings (SSSR count). The van der Waals surface area contributed by atoms with E-state index < -0.39 is 0 Å². The second kappa shape index (κ2) is 12.5. The highest BCUT2D eigenvalue weighted by Gasteiger charge is 2.58. The average molecular weight is 699 g/mol. The minimum atomic E-state index is 0.430. The summed E-state index contributed by atoms with van der Waals surface area (Å²) in [7, 11) is 0. The Kier molecular flexibility index (Phi) is 7.30. The first kappa shape index (κ1) is 31.5. The molecule has 4 saturated carbocycles. The summed E-state index contributed by atoms with van der Waals surface area (Å²) in [6, 6.07) is 63.6. The summed E-state index contributed by atoms with van der Waals surface area (Å²) in [5, 5.41) is 2.25. The molecular formula is C51H42N2O. The first-order valence-electron chi connectivity index (χ1n) is 19.6. The molecular weight excluding hydrogens is 657 g/mol. The molecule has 0 aliphatic heterocycles. The van der Waals surface area contributed by atoms with Crippen molar-refractivity contribution in [3.63, 3.8) is 0 Å². The lowest BCUT2D eigenvalue weighted by Crippen LogP contribution is -2.27. The summed E-state index contributed by atoms with van der Waals surface area (Å²) in [4.78, 5) is 4.69. The van der Waals surface area contributed by atoms with Crippen LogP contribution in [0.3, 0.4) is 0 Å². The predicted octanol–water partition coefficient (Wildman–Crippen LogP) is 14.3. The zero-order valence-electron chi connectivity index (χ0n) is 30.3. The molecule has 7 aromatic carbocycles. The van der Waals surface area contributed by atoms with Crippen molar-refractivity contribution >= 4 is 56.1 Å². The van der Waals surface area contributed by atoms with Crippen LogP contribution in [0.2, 0.25) is 0 Å². The Morgan fingerprint density at radius 3 is 1.56 bits per heavy atom. The number of para-hydroxylation sites is 4. The van der Waals surface area contributed by atoms with Crippen molar-refractivity contribution in [1.82, 2.24) is 0 Å². The molecule has 0 N–H and O–H groups in total. The number of hydrogen-bond donors (Lipinski definition) is 0. The molecule has 1 heterocycles. The second-order valence-electron chi connectivity index (χ2n) is 15.9. The van der Waals surface area contributed by atoms with E-state index in [9.17, 15) is 0 Å². The maximum atomic E-state index is 6.50. The predicted molar refractivity (Wildman–Crippen MR) is 224 cm³/mol. The van der Waals surface area contributed by atoms with Gasteiger partial charge in [-0.3, -0.25) is 0 Å². The number of anilines is 6. The fourth-order valence-electron chi connectivity index (χ4n) is 10.8. The molecule has 54 heavy (non-hydrogen) atoms. The van der Waals surface area contributed by atoms with Gasteiger partial charge in [0.15, 0.2) is 5.58 Å². The first-order chi connectivity index (χ1) is 26.7. The SMILES string of the molecule is c1ccc(N(c2ccc(-c3ccc(N(c4ccccc4)c4cccc5c4oc4ccccc45)cc3)cc2)c2ccc(C34CC5CC(CC3C5)C4)cc2)cc1. The third kappa shape index (κ3) is 5.10. The summed E-state index contributed by atoms with van der Waals surface area (Å²) in [6.07, 6.45) is 7.19. The van der Waals surface area contributed by atoms with Crippen molar-refractivity contribution in [2.75, 3.05) is 9.80 Å². The lowest BCUT2D eigenvalue weighted by molar-refractivity contribution is 0.266. The molecule has 0 spiro atoms. The van der Waals surface area contributed by atoms with E-state index in [1.54, 1.807) is 5.56 Å². The van der Waals surface area contributed by atoms with Crippen LogP contribution in [0.1, 0.15) is 37.7 Å². The van der Waals surface area contributed by atoms with Crippen molar-refractivity contribution in [2.24, 2.45) is 17.8 Å². The van der Waals surface area contributed by atoms with E-state index in [0.717, 1.165) is 62.4 Å². The van der Waals surface area contributed by atoms with Gasteiger partial charge in [-0.05, 0) is 145 Å². The van der Waals surface area contributed by atoms with Crippen molar-refractivity contribution in [1.29, 1.82) is 0 Å². The number of fused-ring (bicyclic) bond motifs is 3. The minimum Gasteiger partial charge on any atom is -0.454 e. The Bertz CT molecular complexity index is 2580. The first-order valence-corrected chi connectivity index (χ1v) is 19.6. The van der Waals surface area contributed by atoms with E-state index in [0.29, 0.717) is 5.41 Å². The smallest absolute Gasteiger partial charge is 0.159 e. The highest BCUT2D eigenvalue weighted by Crippen LogP contribution is 2.66. The van der Waals surface area contributed by atoms with Crippen LogP contribution in [-0.4, -0.2) is 0 Å². The lowest BCUT2D eigenvalue weighted by atomic mass is 9.71. The quantitative estimate of drug-likeness (QED) is 0.157. The highest BCUT2D eigenvalue weighted by atomic mass is 16.3. The van der Waals surface area contributed by atoms with Gasteiger partial charge in [0.25, 0.3) is 0 Å². The van der Waals surface area contributed by atoms with E-state index >= 15 is 0 Å². The van der Waals surface area contributed by atoms with Gasteiger partial charge in [0.05, 0.1) is 5.69 Å². The van der Waals surface area contributed by atoms with Crippen molar-refractivity contribution < 1.29 is 4.42 Å².